The van der Waals surface area contributed by atoms with Crippen LogP contribution in [0.3, 0.4) is 0 Å². The minimum absolute atomic E-state index is 0.106. The molecule has 1 amide bonds. The van der Waals surface area contributed by atoms with Crippen molar-refractivity contribution in [3.05, 3.63) is 29.8 Å². The number of carbonyl (C=O) groups excluding carboxylic acids is 1. The summed E-state index contributed by atoms with van der Waals surface area (Å²) in [5.41, 5.74) is -0.141. The highest BCUT2D eigenvalue weighted by atomic mass is 19.4. The average molecular weight is 374 g/mol. The van der Waals surface area contributed by atoms with E-state index in [-0.39, 0.29) is 5.91 Å². The second-order valence-electron chi connectivity index (χ2n) is 6.07. The lowest BCUT2D eigenvalue weighted by atomic mass is 10.1. The second kappa shape index (κ2) is 9.23. The van der Waals surface area contributed by atoms with E-state index in [4.69, 9.17) is 9.47 Å². The molecule has 8 heteroatoms. The number of ether oxygens (including phenoxy) is 2. The first-order chi connectivity index (χ1) is 12.3. The third kappa shape index (κ3) is 5.60. The maximum atomic E-state index is 12.8. The van der Waals surface area contributed by atoms with Gasteiger partial charge in [0.15, 0.2) is 0 Å². The molecule has 0 radical (unpaired) electrons. The SMILES string of the molecule is CCOCCOC(C)C(=O)N1CCN(c2cccc(C(F)(F)F)c2)CC1. The highest BCUT2D eigenvalue weighted by molar-refractivity contribution is 5.80. The molecule has 0 saturated carbocycles. The van der Waals surface area contributed by atoms with Crippen LogP contribution in [0.1, 0.15) is 19.4 Å². The van der Waals surface area contributed by atoms with Gasteiger partial charge in [-0.15, -0.1) is 0 Å². The van der Waals surface area contributed by atoms with E-state index < -0.39 is 17.8 Å². The van der Waals surface area contributed by atoms with Crippen LogP contribution in [0.15, 0.2) is 24.3 Å². The van der Waals surface area contributed by atoms with Crippen molar-refractivity contribution < 1.29 is 27.4 Å². The molecule has 2 rings (SSSR count). The zero-order valence-electron chi connectivity index (χ0n) is 15.1. The molecule has 0 spiro atoms. The Bertz CT molecular complexity index is 587. The van der Waals surface area contributed by atoms with Gasteiger partial charge in [-0.25, -0.2) is 0 Å². The highest BCUT2D eigenvalue weighted by Gasteiger charge is 2.31. The van der Waals surface area contributed by atoms with Crippen LogP contribution in [0.2, 0.25) is 0 Å². The molecule has 1 unspecified atom stereocenters. The Morgan fingerprint density at radius 2 is 1.88 bits per heavy atom. The van der Waals surface area contributed by atoms with E-state index in [0.29, 0.717) is 51.7 Å². The van der Waals surface area contributed by atoms with Crippen LogP contribution >= 0.6 is 0 Å². The second-order valence-corrected chi connectivity index (χ2v) is 6.07. The first-order valence-corrected chi connectivity index (χ1v) is 8.73. The van der Waals surface area contributed by atoms with Gasteiger partial charge in [0, 0.05) is 38.5 Å². The Morgan fingerprint density at radius 3 is 2.50 bits per heavy atom. The van der Waals surface area contributed by atoms with E-state index in [1.807, 2.05) is 11.8 Å². The fourth-order valence-electron chi connectivity index (χ4n) is 2.82. The summed E-state index contributed by atoms with van der Waals surface area (Å²) in [6.45, 7) is 6.86. The maximum absolute atomic E-state index is 12.8. The molecule has 0 aromatic heterocycles. The van der Waals surface area contributed by atoms with E-state index in [9.17, 15) is 18.0 Å². The summed E-state index contributed by atoms with van der Waals surface area (Å²) in [5, 5.41) is 0. The standard InChI is InChI=1S/C18H25F3N2O3/c1-3-25-11-12-26-14(2)17(24)23-9-7-22(8-10-23)16-6-4-5-15(13-16)18(19,20)21/h4-6,13-14H,3,7-12H2,1-2H3. The summed E-state index contributed by atoms with van der Waals surface area (Å²) in [7, 11) is 0. The summed E-state index contributed by atoms with van der Waals surface area (Å²) < 4.78 is 49.2. The van der Waals surface area contributed by atoms with Crippen molar-refractivity contribution in [3.8, 4) is 0 Å². The lowest BCUT2D eigenvalue weighted by Gasteiger charge is -2.37. The van der Waals surface area contributed by atoms with Gasteiger partial charge >= 0.3 is 6.18 Å². The van der Waals surface area contributed by atoms with Gasteiger partial charge in [-0.1, -0.05) is 6.07 Å². The average Bonchev–Trinajstić information content (AvgIpc) is 2.64. The third-order valence-corrected chi connectivity index (χ3v) is 4.28. The topological polar surface area (TPSA) is 42.0 Å². The molecule has 1 saturated heterocycles. The Kier molecular flexibility index (Phi) is 7.28. The molecule has 1 aliphatic rings. The quantitative estimate of drug-likeness (QED) is 0.689. The van der Waals surface area contributed by atoms with Crippen molar-refractivity contribution in [2.75, 3.05) is 50.9 Å². The summed E-state index contributed by atoms with van der Waals surface area (Å²) in [6, 6.07) is 5.28. The summed E-state index contributed by atoms with van der Waals surface area (Å²) in [6.07, 6.45) is -4.92. The number of anilines is 1. The zero-order chi connectivity index (χ0) is 19.2. The smallest absolute Gasteiger partial charge is 0.379 e. The lowest BCUT2D eigenvalue weighted by molar-refractivity contribution is -0.143. The molecule has 0 N–H and O–H groups in total. The van der Waals surface area contributed by atoms with Crippen LogP contribution in [0.5, 0.6) is 0 Å². The molecule has 146 valence electrons. The van der Waals surface area contributed by atoms with Gasteiger partial charge < -0.3 is 19.3 Å². The van der Waals surface area contributed by atoms with Gasteiger partial charge in [0.1, 0.15) is 6.10 Å². The summed E-state index contributed by atoms with van der Waals surface area (Å²) in [5.74, 6) is -0.106. The molecule has 1 fully saturated rings. The van der Waals surface area contributed by atoms with Crippen LogP contribution in [-0.2, 0) is 20.4 Å². The minimum Gasteiger partial charge on any atom is -0.379 e. The molecule has 1 atom stereocenters. The first-order valence-electron chi connectivity index (χ1n) is 8.73. The molecular formula is C18H25F3N2O3. The Labute approximate surface area is 151 Å². The lowest BCUT2D eigenvalue weighted by Crippen LogP contribution is -2.51. The number of hydrogen-bond acceptors (Lipinski definition) is 4. The Hall–Kier alpha value is -1.80. The third-order valence-electron chi connectivity index (χ3n) is 4.28. The molecule has 1 aromatic rings. The molecule has 1 aliphatic heterocycles. The molecule has 0 aliphatic carbocycles. The number of rotatable bonds is 7. The Balaban J connectivity index is 1.86. The number of halogens is 3. The first kappa shape index (κ1) is 20.5. The zero-order valence-corrected chi connectivity index (χ0v) is 15.1. The van der Waals surface area contributed by atoms with E-state index in [1.54, 1.807) is 17.9 Å². The van der Waals surface area contributed by atoms with Crippen molar-refractivity contribution in [1.82, 2.24) is 4.90 Å². The van der Waals surface area contributed by atoms with E-state index in [2.05, 4.69) is 0 Å². The summed E-state index contributed by atoms with van der Waals surface area (Å²) >= 11 is 0. The van der Waals surface area contributed by atoms with Gasteiger partial charge in [-0.2, -0.15) is 13.2 Å². The maximum Gasteiger partial charge on any atom is 0.416 e. The molecule has 0 bridgehead atoms. The van der Waals surface area contributed by atoms with Crippen LogP contribution in [0.25, 0.3) is 0 Å². The highest BCUT2D eigenvalue weighted by Crippen LogP contribution is 2.31. The van der Waals surface area contributed by atoms with Gasteiger partial charge in [-0.3, -0.25) is 4.79 Å². The van der Waals surface area contributed by atoms with Crippen molar-refractivity contribution in [1.29, 1.82) is 0 Å². The van der Waals surface area contributed by atoms with Crippen LogP contribution in [-0.4, -0.2) is 62.9 Å². The van der Waals surface area contributed by atoms with Gasteiger partial charge in [0.05, 0.1) is 18.8 Å². The largest absolute Gasteiger partial charge is 0.416 e. The number of benzene rings is 1. The van der Waals surface area contributed by atoms with E-state index in [1.165, 1.54) is 6.07 Å². The van der Waals surface area contributed by atoms with Gasteiger partial charge in [-0.05, 0) is 32.0 Å². The molecule has 1 aromatic carbocycles. The van der Waals surface area contributed by atoms with Crippen molar-refractivity contribution >= 4 is 11.6 Å². The number of hydrogen-bond donors (Lipinski definition) is 0. The molecule has 26 heavy (non-hydrogen) atoms. The fourth-order valence-corrected chi connectivity index (χ4v) is 2.82. The van der Waals surface area contributed by atoms with Crippen LogP contribution < -0.4 is 4.90 Å². The van der Waals surface area contributed by atoms with Crippen molar-refractivity contribution in [2.45, 2.75) is 26.1 Å². The molecule has 5 nitrogen and oxygen atoms in total. The van der Waals surface area contributed by atoms with Gasteiger partial charge in [0.25, 0.3) is 5.91 Å². The van der Waals surface area contributed by atoms with E-state index in [0.717, 1.165) is 12.1 Å². The number of nitrogens with zero attached hydrogens (tertiary/aromatic N) is 2. The Morgan fingerprint density at radius 1 is 1.19 bits per heavy atom. The monoisotopic (exact) mass is 374 g/mol. The molecular weight excluding hydrogens is 349 g/mol. The number of carbonyl (C=O) groups is 1. The number of amides is 1. The normalized spacial score (nSPS) is 16.7. The predicted molar refractivity (Wildman–Crippen MR) is 92.1 cm³/mol. The fraction of sp³-hybridized carbons (Fsp3) is 0.611. The van der Waals surface area contributed by atoms with Crippen LogP contribution in [0, 0.1) is 0 Å². The predicted octanol–water partition coefficient (Wildman–Crippen LogP) is 2.80. The van der Waals surface area contributed by atoms with E-state index >= 15 is 0 Å². The van der Waals surface area contributed by atoms with Gasteiger partial charge in [0.2, 0.25) is 0 Å². The minimum atomic E-state index is -4.36. The van der Waals surface area contributed by atoms with Crippen molar-refractivity contribution in [3.63, 3.8) is 0 Å². The van der Waals surface area contributed by atoms with Crippen LogP contribution in [0.4, 0.5) is 18.9 Å². The number of alkyl halides is 3. The van der Waals surface area contributed by atoms with Crippen molar-refractivity contribution in [2.24, 2.45) is 0 Å². The number of piperazine rings is 1. The summed E-state index contributed by atoms with van der Waals surface area (Å²) in [4.78, 5) is 15.9. The molecule has 1 heterocycles.